The van der Waals surface area contributed by atoms with E-state index in [1.54, 1.807) is 0 Å². The SMILES string of the molecule is [C-]#[N+]C(C#N)=C1CC(C(C#N)[N+]#[C-])C1(C)C. The van der Waals surface area contributed by atoms with Gasteiger partial charge in [0.1, 0.15) is 0 Å². The highest BCUT2D eigenvalue weighted by Gasteiger charge is 2.52. The van der Waals surface area contributed by atoms with Crippen molar-refractivity contribution in [1.29, 1.82) is 10.5 Å². The summed E-state index contributed by atoms with van der Waals surface area (Å²) in [4.78, 5) is 6.45. The summed E-state index contributed by atoms with van der Waals surface area (Å²) >= 11 is 0. The fourth-order valence-electron chi connectivity index (χ4n) is 2.11. The molecule has 0 bridgehead atoms. The highest BCUT2D eigenvalue weighted by molar-refractivity contribution is 5.42. The average Bonchev–Trinajstić information content (AvgIpc) is 2.28. The average molecular weight is 210 g/mol. The minimum absolute atomic E-state index is 0.0740. The van der Waals surface area contributed by atoms with E-state index in [2.05, 4.69) is 9.69 Å². The van der Waals surface area contributed by atoms with Crippen molar-refractivity contribution in [2.75, 3.05) is 0 Å². The van der Waals surface area contributed by atoms with Gasteiger partial charge in [0, 0.05) is 0 Å². The molecule has 0 radical (unpaired) electrons. The van der Waals surface area contributed by atoms with Gasteiger partial charge in [-0.1, -0.05) is 13.8 Å². The number of hydrogen-bond acceptors (Lipinski definition) is 2. The zero-order valence-electron chi connectivity index (χ0n) is 9.15. The molecule has 0 aromatic heterocycles. The number of rotatable bonds is 1. The van der Waals surface area contributed by atoms with Crippen molar-refractivity contribution in [1.82, 2.24) is 0 Å². The lowest BCUT2D eigenvalue weighted by Gasteiger charge is -2.46. The van der Waals surface area contributed by atoms with Crippen LogP contribution < -0.4 is 0 Å². The van der Waals surface area contributed by atoms with Crippen LogP contribution in [0.3, 0.4) is 0 Å². The van der Waals surface area contributed by atoms with Crippen LogP contribution in [0.2, 0.25) is 0 Å². The van der Waals surface area contributed by atoms with Gasteiger partial charge in [-0.15, -0.1) is 0 Å². The van der Waals surface area contributed by atoms with Crippen LogP contribution >= 0.6 is 0 Å². The van der Waals surface area contributed by atoms with E-state index in [9.17, 15) is 0 Å². The normalized spacial score (nSPS) is 26.0. The molecule has 0 amide bonds. The lowest BCUT2D eigenvalue weighted by Crippen LogP contribution is -2.44. The molecular weight excluding hydrogens is 200 g/mol. The number of nitrogens with zero attached hydrogens (tertiary/aromatic N) is 4. The summed E-state index contributed by atoms with van der Waals surface area (Å²) < 4.78 is 0. The van der Waals surface area contributed by atoms with E-state index < -0.39 is 6.04 Å². The molecule has 0 aromatic rings. The van der Waals surface area contributed by atoms with Crippen LogP contribution in [0, 0.1) is 47.1 Å². The van der Waals surface area contributed by atoms with Gasteiger partial charge < -0.3 is 0 Å². The first-order valence-corrected chi connectivity index (χ1v) is 4.80. The third kappa shape index (κ3) is 1.52. The Hall–Kier alpha value is -2.30. The predicted octanol–water partition coefficient (Wildman–Crippen LogP) is 2.54. The maximum absolute atomic E-state index is 8.83. The molecule has 1 aliphatic rings. The molecule has 0 spiro atoms. The number of hydrogen-bond donors (Lipinski definition) is 0. The predicted molar refractivity (Wildman–Crippen MR) is 57.1 cm³/mol. The summed E-state index contributed by atoms with van der Waals surface area (Å²) in [6.07, 6.45) is 0.513. The second kappa shape index (κ2) is 4.06. The van der Waals surface area contributed by atoms with Gasteiger partial charge >= 0.3 is 6.04 Å². The summed E-state index contributed by atoms with van der Waals surface area (Å²) in [6, 6.07) is 3.16. The fourth-order valence-corrected chi connectivity index (χ4v) is 2.11. The molecule has 1 rings (SSSR count). The van der Waals surface area contributed by atoms with E-state index in [1.165, 1.54) is 0 Å². The van der Waals surface area contributed by atoms with Crippen LogP contribution in [0.1, 0.15) is 20.3 Å². The van der Waals surface area contributed by atoms with Crippen molar-refractivity contribution in [3.05, 3.63) is 34.1 Å². The van der Waals surface area contributed by atoms with Crippen LogP contribution in [0.25, 0.3) is 9.69 Å². The summed E-state index contributed by atoms with van der Waals surface area (Å²) in [5.74, 6) is -0.0740. The van der Waals surface area contributed by atoms with E-state index in [0.717, 1.165) is 5.57 Å². The Balaban J connectivity index is 3.07. The topological polar surface area (TPSA) is 56.3 Å². The molecule has 1 saturated carbocycles. The Morgan fingerprint density at radius 2 is 2.12 bits per heavy atom. The van der Waals surface area contributed by atoms with E-state index in [4.69, 9.17) is 23.7 Å². The molecule has 0 aromatic carbocycles. The van der Waals surface area contributed by atoms with Crippen molar-refractivity contribution in [3.63, 3.8) is 0 Å². The first-order valence-electron chi connectivity index (χ1n) is 4.80. The maximum atomic E-state index is 8.83. The van der Waals surface area contributed by atoms with Crippen molar-refractivity contribution in [2.45, 2.75) is 26.3 Å². The maximum Gasteiger partial charge on any atom is 0.310 e. The van der Waals surface area contributed by atoms with Gasteiger partial charge in [-0.3, -0.25) is 4.85 Å². The lowest BCUT2D eigenvalue weighted by atomic mass is 9.56. The highest BCUT2D eigenvalue weighted by Crippen LogP contribution is 2.54. The number of nitriles is 2. The highest BCUT2D eigenvalue weighted by atomic mass is 14.8. The molecule has 78 valence electrons. The molecule has 16 heavy (non-hydrogen) atoms. The smallest absolute Gasteiger partial charge is 0.297 e. The van der Waals surface area contributed by atoms with Crippen LogP contribution in [0.15, 0.2) is 11.3 Å². The zero-order chi connectivity index (χ0) is 12.3. The number of allylic oxidation sites excluding steroid dienone is 2. The third-order valence-corrected chi connectivity index (χ3v) is 3.28. The quantitative estimate of drug-likeness (QED) is 0.493. The Morgan fingerprint density at radius 3 is 2.44 bits per heavy atom. The van der Waals surface area contributed by atoms with Gasteiger partial charge in [0.2, 0.25) is 0 Å². The van der Waals surface area contributed by atoms with Crippen LogP contribution in [0.5, 0.6) is 0 Å². The van der Waals surface area contributed by atoms with Gasteiger partial charge in [-0.25, -0.2) is 16.7 Å². The first-order chi connectivity index (χ1) is 7.52. The summed E-state index contributed by atoms with van der Waals surface area (Å²) in [6.45, 7) is 17.6. The van der Waals surface area contributed by atoms with E-state index in [-0.39, 0.29) is 17.0 Å². The van der Waals surface area contributed by atoms with E-state index in [1.807, 2.05) is 26.0 Å². The fraction of sp³-hybridized carbons (Fsp3) is 0.500. The Morgan fingerprint density at radius 1 is 1.50 bits per heavy atom. The summed E-state index contributed by atoms with van der Waals surface area (Å²) in [5, 5.41) is 17.6. The second-order valence-electron chi connectivity index (χ2n) is 4.29. The molecule has 2 atom stereocenters. The standard InChI is InChI=1S/C12H10N4/c1-12(2)8(10(6-13)15-3)5-9(12)11(7-14)16-4/h8,10H,5H2,1-2H3. The molecule has 0 heterocycles. The molecule has 0 N–H and O–H groups in total. The van der Waals surface area contributed by atoms with Crippen LogP contribution in [-0.4, -0.2) is 6.04 Å². The molecule has 2 unspecified atom stereocenters. The lowest BCUT2D eigenvalue weighted by molar-refractivity contribution is 0.163. The summed E-state index contributed by atoms with van der Waals surface area (Å²) in [5.41, 5.74) is 0.502. The van der Waals surface area contributed by atoms with Gasteiger partial charge in [-0.05, 0) is 17.4 Å². The minimum atomic E-state index is -0.676. The first kappa shape index (κ1) is 11.8. The van der Waals surface area contributed by atoms with Gasteiger partial charge in [0.15, 0.2) is 6.07 Å². The summed E-state index contributed by atoms with van der Waals surface area (Å²) in [7, 11) is 0. The van der Waals surface area contributed by atoms with Gasteiger partial charge in [-0.2, -0.15) is 5.26 Å². The van der Waals surface area contributed by atoms with Gasteiger partial charge in [0.25, 0.3) is 5.70 Å². The van der Waals surface area contributed by atoms with Crippen molar-refractivity contribution in [2.24, 2.45) is 11.3 Å². The van der Waals surface area contributed by atoms with E-state index >= 15 is 0 Å². The molecular formula is C12H10N4. The Kier molecular flexibility index (Phi) is 2.99. The van der Waals surface area contributed by atoms with Crippen molar-refractivity contribution in [3.8, 4) is 12.1 Å². The monoisotopic (exact) mass is 210 g/mol. The van der Waals surface area contributed by atoms with Crippen molar-refractivity contribution < 1.29 is 0 Å². The molecule has 4 heteroatoms. The molecule has 0 saturated heterocycles. The second-order valence-corrected chi connectivity index (χ2v) is 4.29. The molecule has 1 aliphatic carbocycles. The minimum Gasteiger partial charge on any atom is -0.297 e. The van der Waals surface area contributed by atoms with Crippen molar-refractivity contribution >= 4 is 0 Å². The largest absolute Gasteiger partial charge is 0.310 e. The Bertz CT molecular complexity index is 469. The van der Waals surface area contributed by atoms with Crippen LogP contribution in [0.4, 0.5) is 0 Å². The molecule has 1 fully saturated rings. The van der Waals surface area contributed by atoms with Gasteiger partial charge in [0.05, 0.1) is 18.6 Å². The molecule has 0 aliphatic heterocycles. The third-order valence-electron chi connectivity index (χ3n) is 3.28. The zero-order valence-corrected chi connectivity index (χ0v) is 9.15. The Labute approximate surface area is 95.0 Å². The molecule has 4 nitrogen and oxygen atoms in total. The van der Waals surface area contributed by atoms with E-state index in [0.29, 0.717) is 6.42 Å². The van der Waals surface area contributed by atoms with Crippen LogP contribution in [-0.2, 0) is 0 Å².